The van der Waals surface area contributed by atoms with Crippen molar-refractivity contribution in [2.45, 2.75) is 51.0 Å². The minimum absolute atomic E-state index is 0.0782. The van der Waals surface area contributed by atoms with Crippen LogP contribution in [-0.2, 0) is 14.3 Å². The van der Waals surface area contributed by atoms with Crippen LogP contribution in [0.3, 0.4) is 0 Å². The van der Waals surface area contributed by atoms with E-state index in [4.69, 9.17) is 27.4 Å². The minimum atomic E-state index is -0.738. The van der Waals surface area contributed by atoms with Crippen molar-refractivity contribution in [2.75, 3.05) is 26.4 Å². The highest BCUT2D eigenvalue weighted by atomic mass is 32.1. The van der Waals surface area contributed by atoms with Gasteiger partial charge < -0.3 is 20.5 Å². The van der Waals surface area contributed by atoms with Crippen molar-refractivity contribution < 1.29 is 14.3 Å². The lowest BCUT2D eigenvalue weighted by Gasteiger charge is -2.34. The Labute approximate surface area is 131 Å². The Kier molecular flexibility index (Phi) is 6.39. The van der Waals surface area contributed by atoms with Crippen LogP contribution in [0.5, 0.6) is 0 Å². The molecular weight excluding hydrogens is 288 g/mol. The van der Waals surface area contributed by atoms with Crippen molar-refractivity contribution in [3.05, 3.63) is 0 Å². The average Bonchev–Trinajstić information content (AvgIpc) is 2.53. The molecule has 1 saturated heterocycles. The summed E-state index contributed by atoms with van der Waals surface area (Å²) in [5.41, 5.74) is 5.07. The van der Waals surface area contributed by atoms with Gasteiger partial charge in [-0.15, -0.1) is 0 Å². The van der Waals surface area contributed by atoms with Gasteiger partial charge in [0.1, 0.15) is 5.41 Å². The van der Waals surface area contributed by atoms with Gasteiger partial charge in [-0.25, -0.2) is 0 Å². The molecule has 1 aliphatic carbocycles. The maximum atomic E-state index is 12.4. The highest BCUT2D eigenvalue weighted by molar-refractivity contribution is 7.80. The predicted octanol–water partition coefficient (Wildman–Crippen LogP) is 1.53. The van der Waals surface area contributed by atoms with Gasteiger partial charge in [0, 0.05) is 19.8 Å². The zero-order chi connectivity index (χ0) is 15.1. The summed E-state index contributed by atoms with van der Waals surface area (Å²) in [6, 6.07) is 0. The van der Waals surface area contributed by atoms with Gasteiger partial charge >= 0.3 is 0 Å². The smallest absolute Gasteiger partial charge is 0.233 e. The van der Waals surface area contributed by atoms with Crippen LogP contribution in [0, 0.1) is 5.41 Å². The Morgan fingerprint density at radius 2 is 1.95 bits per heavy atom. The molecule has 5 nitrogen and oxygen atoms in total. The van der Waals surface area contributed by atoms with E-state index in [0.29, 0.717) is 45.3 Å². The zero-order valence-corrected chi connectivity index (χ0v) is 13.4. The molecule has 21 heavy (non-hydrogen) atoms. The van der Waals surface area contributed by atoms with Crippen molar-refractivity contribution in [3.8, 4) is 0 Å². The summed E-state index contributed by atoms with van der Waals surface area (Å²) in [5.74, 6) is -0.0782. The van der Waals surface area contributed by atoms with Gasteiger partial charge in [0.05, 0.1) is 17.7 Å². The third kappa shape index (κ3) is 4.37. The summed E-state index contributed by atoms with van der Waals surface area (Å²) in [6.07, 6.45) is 7.60. The number of thiocarbonyl (C=S) groups is 1. The van der Waals surface area contributed by atoms with Gasteiger partial charge in [0.2, 0.25) is 5.91 Å². The normalized spacial score (nSPS) is 22.7. The van der Waals surface area contributed by atoms with Crippen LogP contribution in [0.4, 0.5) is 0 Å². The summed E-state index contributed by atoms with van der Waals surface area (Å²) >= 11 is 5.12. The SMILES string of the molecule is NC(=S)C1(C(=O)NCCOC2CCCCC2)CCOCC1. The second-order valence-corrected chi connectivity index (χ2v) is 6.39. The first-order valence-electron chi connectivity index (χ1n) is 7.93. The number of nitrogens with two attached hydrogens (primary N) is 1. The molecule has 120 valence electrons. The van der Waals surface area contributed by atoms with Crippen LogP contribution in [-0.4, -0.2) is 43.4 Å². The quantitative estimate of drug-likeness (QED) is 0.574. The molecule has 1 amide bonds. The lowest BCUT2D eigenvalue weighted by molar-refractivity contribution is -0.131. The van der Waals surface area contributed by atoms with Gasteiger partial charge in [-0.05, 0) is 25.7 Å². The topological polar surface area (TPSA) is 73.6 Å². The molecular formula is C15H26N2O3S. The Morgan fingerprint density at radius 1 is 1.29 bits per heavy atom. The van der Waals surface area contributed by atoms with E-state index in [0.717, 1.165) is 12.8 Å². The maximum Gasteiger partial charge on any atom is 0.233 e. The molecule has 1 heterocycles. The van der Waals surface area contributed by atoms with Crippen LogP contribution >= 0.6 is 12.2 Å². The molecule has 0 aromatic rings. The molecule has 2 rings (SSSR count). The molecule has 0 bridgehead atoms. The number of hydrogen-bond acceptors (Lipinski definition) is 4. The highest BCUT2D eigenvalue weighted by Gasteiger charge is 2.42. The standard InChI is InChI=1S/C15H26N2O3S/c16-13(21)15(6-9-19-10-7-15)14(18)17-8-11-20-12-4-2-1-3-5-12/h12H,1-11H2,(H2,16,21)(H,17,18). The largest absolute Gasteiger partial charge is 0.392 e. The summed E-state index contributed by atoms with van der Waals surface area (Å²) in [7, 11) is 0. The Morgan fingerprint density at radius 3 is 2.57 bits per heavy atom. The van der Waals surface area contributed by atoms with Gasteiger partial charge in [0.25, 0.3) is 0 Å². The van der Waals surface area contributed by atoms with Gasteiger partial charge in [0.15, 0.2) is 0 Å². The highest BCUT2D eigenvalue weighted by Crippen LogP contribution is 2.31. The van der Waals surface area contributed by atoms with Crippen molar-refractivity contribution in [3.63, 3.8) is 0 Å². The lowest BCUT2D eigenvalue weighted by atomic mass is 9.79. The molecule has 0 atom stereocenters. The van der Waals surface area contributed by atoms with Gasteiger partial charge in [-0.1, -0.05) is 31.5 Å². The molecule has 0 aromatic carbocycles. The van der Waals surface area contributed by atoms with Crippen LogP contribution in [0.2, 0.25) is 0 Å². The maximum absolute atomic E-state index is 12.4. The summed E-state index contributed by atoms with van der Waals surface area (Å²) in [6.45, 7) is 2.13. The van der Waals surface area contributed by atoms with Crippen molar-refractivity contribution in [1.82, 2.24) is 5.32 Å². The number of carbonyl (C=O) groups excluding carboxylic acids is 1. The Hall–Kier alpha value is -0.720. The summed E-state index contributed by atoms with van der Waals surface area (Å²) in [5, 5.41) is 2.93. The van der Waals surface area contributed by atoms with Gasteiger partial charge in [-0.2, -0.15) is 0 Å². The molecule has 2 fully saturated rings. The molecule has 2 aliphatic rings. The second kappa shape index (κ2) is 8.06. The molecule has 0 radical (unpaired) electrons. The van der Waals surface area contributed by atoms with Crippen molar-refractivity contribution in [1.29, 1.82) is 0 Å². The van der Waals surface area contributed by atoms with E-state index in [2.05, 4.69) is 5.32 Å². The Bertz CT molecular complexity index is 364. The van der Waals surface area contributed by atoms with Crippen LogP contribution in [0.25, 0.3) is 0 Å². The van der Waals surface area contributed by atoms with Crippen molar-refractivity contribution >= 4 is 23.1 Å². The number of ether oxygens (including phenoxy) is 2. The molecule has 0 spiro atoms. The monoisotopic (exact) mass is 314 g/mol. The van der Waals surface area contributed by atoms with Crippen LogP contribution < -0.4 is 11.1 Å². The summed E-state index contributed by atoms with van der Waals surface area (Å²) < 4.78 is 11.1. The predicted molar refractivity (Wildman–Crippen MR) is 85.1 cm³/mol. The molecule has 3 N–H and O–H groups in total. The Balaban J connectivity index is 1.73. The third-order valence-corrected chi connectivity index (χ3v) is 4.94. The van der Waals surface area contributed by atoms with Crippen LogP contribution in [0.1, 0.15) is 44.9 Å². The number of carbonyl (C=O) groups is 1. The van der Waals surface area contributed by atoms with E-state index in [-0.39, 0.29) is 10.9 Å². The van der Waals surface area contributed by atoms with Crippen LogP contribution in [0.15, 0.2) is 0 Å². The first-order valence-corrected chi connectivity index (χ1v) is 8.33. The molecule has 0 unspecified atom stereocenters. The van der Waals surface area contributed by atoms with E-state index < -0.39 is 5.41 Å². The second-order valence-electron chi connectivity index (χ2n) is 5.95. The fraction of sp³-hybridized carbons (Fsp3) is 0.867. The average molecular weight is 314 g/mol. The fourth-order valence-corrected chi connectivity index (χ4v) is 3.39. The molecule has 1 saturated carbocycles. The number of nitrogens with one attached hydrogen (secondary N) is 1. The first-order chi connectivity index (χ1) is 10.1. The number of rotatable bonds is 6. The zero-order valence-electron chi connectivity index (χ0n) is 12.6. The van der Waals surface area contributed by atoms with Crippen molar-refractivity contribution in [2.24, 2.45) is 11.1 Å². The third-order valence-electron chi connectivity index (χ3n) is 4.55. The fourth-order valence-electron chi connectivity index (χ4n) is 3.10. The molecule has 1 aliphatic heterocycles. The lowest BCUT2D eigenvalue weighted by Crippen LogP contribution is -2.52. The summed E-state index contributed by atoms with van der Waals surface area (Å²) in [4.78, 5) is 12.7. The van der Waals surface area contributed by atoms with E-state index in [1.165, 1.54) is 19.3 Å². The minimum Gasteiger partial charge on any atom is -0.392 e. The number of hydrogen-bond donors (Lipinski definition) is 2. The molecule has 6 heteroatoms. The van der Waals surface area contributed by atoms with E-state index in [1.54, 1.807) is 0 Å². The molecule has 0 aromatic heterocycles. The first kappa shape index (κ1) is 16.6. The van der Waals surface area contributed by atoms with E-state index >= 15 is 0 Å². The van der Waals surface area contributed by atoms with Gasteiger partial charge in [-0.3, -0.25) is 4.79 Å². The van der Waals surface area contributed by atoms with E-state index in [9.17, 15) is 4.79 Å². The number of amides is 1. The van der Waals surface area contributed by atoms with E-state index in [1.807, 2.05) is 0 Å².